The summed E-state index contributed by atoms with van der Waals surface area (Å²) < 4.78 is 42.9. The van der Waals surface area contributed by atoms with Crippen molar-refractivity contribution in [2.24, 2.45) is 11.3 Å². The summed E-state index contributed by atoms with van der Waals surface area (Å²) in [5.41, 5.74) is 3.65. The zero-order chi connectivity index (χ0) is 33.6. The number of hydrogen-bond donors (Lipinski definition) is 1. The summed E-state index contributed by atoms with van der Waals surface area (Å²) in [6.07, 6.45) is 1.76. The van der Waals surface area contributed by atoms with Crippen molar-refractivity contribution in [2.75, 3.05) is 13.2 Å². The van der Waals surface area contributed by atoms with E-state index in [4.69, 9.17) is 14.5 Å². The first-order valence-electron chi connectivity index (χ1n) is 16.0. The Bertz CT molecular complexity index is 2050. The number of nitrogens with zero attached hydrogens (tertiary/aromatic N) is 1. The van der Waals surface area contributed by atoms with Crippen molar-refractivity contribution in [3.8, 4) is 16.3 Å². The van der Waals surface area contributed by atoms with Gasteiger partial charge in [-0.3, -0.25) is 4.79 Å². The van der Waals surface area contributed by atoms with Crippen molar-refractivity contribution in [2.45, 2.75) is 65.7 Å². The number of thiophene rings is 1. The van der Waals surface area contributed by atoms with Gasteiger partial charge < -0.3 is 9.47 Å². The van der Waals surface area contributed by atoms with Crippen molar-refractivity contribution in [3.63, 3.8) is 0 Å². The number of hydrogen-bond acceptors (Lipinski definition) is 7. The predicted octanol–water partition coefficient (Wildman–Crippen LogP) is 8.60. The average molecular weight is 671 g/mol. The van der Waals surface area contributed by atoms with Crippen LogP contribution < -0.4 is 9.46 Å². The molecule has 1 saturated heterocycles. The number of amides is 1. The molecule has 0 radical (unpaired) electrons. The molecule has 0 bridgehead atoms. The molecule has 6 rings (SSSR count). The number of pyridine rings is 1. The van der Waals surface area contributed by atoms with Gasteiger partial charge in [-0.15, -0.1) is 11.3 Å². The van der Waals surface area contributed by atoms with Gasteiger partial charge in [0.25, 0.3) is 5.91 Å². The van der Waals surface area contributed by atoms with Crippen molar-refractivity contribution in [1.29, 1.82) is 0 Å². The van der Waals surface area contributed by atoms with Crippen LogP contribution in [0.4, 0.5) is 0 Å². The molecule has 246 valence electrons. The number of carbonyl (C=O) groups is 1. The maximum Gasteiger partial charge on any atom is 0.265 e. The molecule has 0 saturated carbocycles. The van der Waals surface area contributed by atoms with Crippen molar-refractivity contribution in [3.05, 3.63) is 95.1 Å². The molecule has 7 nitrogen and oxygen atoms in total. The van der Waals surface area contributed by atoms with Crippen LogP contribution in [0.5, 0.6) is 5.75 Å². The molecule has 0 spiro atoms. The number of nitrogens with one attached hydrogen (secondary N) is 1. The predicted molar refractivity (Wildman–Crippen MR) is 191 cm³/mol. The fourth-order valence-electron chi connectivity index (χ4n) is 6.69. The SMILES string of the molecule is Cc1c(-c2cc(C(=O)NS(=O)(=O)Cc3ccccc3)c3c(OCC4CC(C)(C)COC(C)(C)C4)ccc(C)c3n2)sc2ccccc12. The van der Waals surface area contributed by atoms with E-state index in [9.17, 15) is 13.2 Å². The molecule has 47 heavy (non-hydrogen) atoms. The van der Waals surface area contributed by atoms with Crippen LogP contribution in [0.1, 0.15) is 67.6 Å². The Morgan fingerprint density at radius 2 is 1.72 bits per heavy atom. The van der Waals surface area contributed by atoms with Crippen molar-refractivity contribution in [1.82, 2.24) is 9.71 Å². The number of benzene rings is 3. The van der Waals surface area contributed by atoms with E-state index >= 15 is 0 Å². The van der Waals surface area contributed by atoms with Crippen LogP contribution in [0.3, 0.4) is 0 Å². The van der Waals surface area contributed by atoms with Gasteiger partial charge in [0.05, 0.1) is 51.6 Å². The maximum atomic E-state index is 14.1. The minimum Gasteiger partial charge on any atom is -0.493 e. The topological polar surface area (TPSA) is 94.6 Å². The summed E-state index contributed by atoms with van der Waals surface area (Å²) in [5, 5.41) is 1.63. The summed E-state index contributed by atoms with van der Waals surface area (Å²) >= 11 is 1.61. The first-order valence-corrected chi connectivity index (χ1v) is 18.5. The summed E-state index contributed by atoms with van der Waals surface area (Å²) in [6.45, 7) is 13.8. The third kappa shape index (κ3) is 7.37. The van der Waals surface area contributed by atoms with E-state index in [0.717, 1.165) is 38.9 Å². The highest BCUT2D eigenvalue weighted by atomic mass is 32.2. The lowest BCUT2D eigenvalue weighted by molar-refractivity contribution is -0.0436. The van der Waals surface area contributed by atoms with Crippen LogP contribution in [0.25, 0.3) is 31.6 Å². The van der Waals surface area contributed by atoms with E-state index in [1.54, 1.807) is 41.7 Å². The molecule has 1 aliphatic rings. The zero-order valence-electron chi connectivity index (χ0n) is 27.8. The third-order valence-electron chi connectivity index (χ3n) is 8.84. The standard InChI is InChI=1S/C38H42N2O5S2/c1-24-16-17-31(44-21-27-19-37(3,4)23-45-38(5,6)20-27)33-29(36(41)40-47(42,43)22-26-12-8-7-9-13-26)18-30(39-34(24)33)35-25(2)28-14-10-11-15-32(28)46-35/h7-18,27H,19-23H2,1-6H3,(H,40,41). The first kappa shape index (κ1) is 33.1. The number of ether oxygens (including phenoxy) is 2. The highest BCUT2D eigenvalue weighted by Crippen LogP contribution is 2.41. The van der Waals surface area contributed by atoms with Gasteiger partial charge in [-0.25, -0.2) is 18.1 Å². The Kier molecular flexibility index (Phi) is 8.93. The molecule has 0 aliphatic carbocycles. The quantitative estimate of drug-likeness (QED) is 0.178. The lowest BCUT2D eigenvalue weighted by Crippen LogP contribution is -2.32. The Morgan fingerprint density at radius 3 is 2.47 bits per heavy atom. The van der Waals surface area contributed by atoms with E-state index in [-0.39, 0.29) is 28.3 Å². The van der Waals surface area contributed by atoms with E-state index < -0.39 is 15.9 Å². The van der Waals surface area contributed by atoms with E-state index in [1.165, 1.54) is 0 Å². The molecule has 3 heterocycles. The van der Waals surface area contributed by atoms with Crippen molar-refractivity contribution < 1.29 is 22.7 Å². The Labute approximate surface area is 281 Å². The third-order valence-corrected chi connectivity index (χ3v) is 11.3. The van der Waals surface area contributed by atoms with Crippen LogP contribution in [-0.2, 0) is 20.5 Å². The van der Waals surface area contributed by atoms with E-state index in [1.807, 2.05) is 37.3 Å². The van der Waals surface area contributed by atoms with Gasteiger partial charge in [0.1, 0.15) is 5.75 Å². The van der Waals surface area contributed by atoms with Gasteiger partial charge >= 0.3 is 0 Å². The smallest absolute Gasteiger partial charge is 0.265 e. The van der Waals surface area contributed by atoms with E-state index in [0.29, 0.717) is 41.1 Å². The normalized spacial score (nSPS) is 17.8. The molecule has 2 aromatic heterocycles. The maximum absolute atomic E-state index is 14.1. The van der Waals surface area contributed by atoms with Crippen LogP contribution in [0, 0.1) is 25.2 Å². The largest absolute Gasteiger partial charge is 0.493 e. The Hall–Kier alpha value is -3.79. The molecule has 1 unspecified atom stereocenters. The molecule has 3 aromatic carbocycles. The fourth-order valence-corrected chi connectivity index (χ4v) is 8.95. The van der Waals surface area contributed by atoms with Gasteiger partial charge in [0.2, 0.25) is 10.0 Å². The van der Waals surface area contributed by atoms with Crippen LogP contribution in [-0.4, -0.2) is 38.1 Å². The van der Waals surface area contributed by atoms with Crippen LogP contribution in [0.15, 0.2) is 72.8 Å². The summed E-state index contributed by atoms with van der Waals surface area (Å²) in [7, 11) is -4.01. The molecular weight excluding hydrogens is 629 g/mol. The second kappa shape index (κ2) is 12.7. The number of aryl methyl sites for hydroxylation is 2. The first-order chi connectivity index (χ1) is 22.2. The highest BCUT2D eigenvalue weighted by molar-refractivity contribution is 7.89. The number of carbonyl (C=O) groups excluding carboxylic acids is 1. The molecular formula is C38H42N2O5S2. The number of fused-ring (bicyclic) bond motifs is 2. The number of aromatic nitrogens is 1. The Balaban J connectivity index is 1.44. The average Bonchev–Trinajstić information content (AvgIpc) is 3.29. The summed E-state index contributed by atoms with van der Waals surface area (Å²) in [4.78, 5) is 20.1. The van der Waals surface area contributed by atoms with Gasteiger partial charge in [0, 0.05) is 4.70 Å². The Morgan fingerprint density at radius 1 is 1.00 bits per heavy atom. The van der Waals surface area contributed by atoms with Crippen LogP contribution in [0.2, 0.25) is 0 Å². The molecule has 1 atom stereocenters. The van der Waals surface area contributed by atoms with Gasteiger partial charge in [-0.2, -0.15) is 0 Å². The second-order valence-corrected chi connectivity index (χ2v) is 17.0. The minimum atomic E-state index is -4.01. The molecule has 1 amide bonds. The molecule has 1 aliphatic heterocycles. The minimum absolute atomic E-state index is 0.00609. The molecule has 9 heteroatoms. The van der Waals surface area contributed by atoms with Crippen LogP contribution >= 0.6 is 11.3 Å². The molecule has 1 fully saturated rings. The number of rotatable bonds is 8. The zero-order valence-corrected chi connectivity index (χ0v) is 29.5. The summed E-state index contributed by atoms with van der Waals surface area (Å²) in [6, 6.07) is 22.5. The van der Waals surface area contributed by atoms with Gasteiger partial charge in [-0.05, 0) is 92.1 Å². The monoisotopic (exact) mass is 670 g/mol. The van der Waals surface area contributed by atoms with Crippen molar-refractivity contribution >= 4 is 48.3 Å². The van der Waals surface area contributed by atoms with E-state index in [2.05, 4.69) is 51.5 Å². The molecule has 5 aromatic rings. The summed E-state index contributed by atoms with van der Waals surface area (Å²) in [5.74, 6) is -0.309. The lowest BCUT2D eigenvalue weighted by atomic mass is 9.81. The highest BCUT2D eigenvalue weighted by Gasteiger charge is 2.35. The number of sulfonamides is 1. The van der Waals surface area contributed by atoms with Gasteiger partial charge in [0.15, 0.2) is 0 Å². The second-order valence-electron chi connectivity index (χ2n) is 14.2. The lowest BCUT2D eigenvalue weighted by Gasteiger charge is -2.26. The fraction of sp³-hybridized carbons (Fsp3) is 0.368. The molecule has 1 N–H and O–H groups in total. The van der Waals surface area contributed by atoms with Gasteiger partial charge in [-0.1, -0.05) is 68.4 Å².